The first-order valence-electron chi connectivity index (χ1n) is 7.26. The van der Waals surface area contributed by atoms with Gasteiger partial charge in [0.15, 0.2) is 5.69 Å². The van der Waals surface area contributed by atoms with Crippen molar-refractivity contribution in [2.24, 2.45) is 5.92 Å². The topological polar surface area (TPSA) is 83.4 Å². The number of carboxylic acids is 1. The molecule has 6 heteroatoms. The molecule has 0 saturated carbocycles. The number of rotatable bonds is 7. The number of hydrogen-bond acceptors (Lipinski definition) is 4. The van der Waals surface area contributed by atoms with Gasteiger partial charge in [0.2, 0.25) is 0 Å². The Kier molecular flexibility index (Phi) is 6.27. The summed E-state index contributed by atoms with van der Waals surface area (Å²) in [6.45, 7) is 8.86. The maximum Gasteiger partial charge on any atom is 0.356 e. The van der Waals surface area contributed by atoms with E-state index in [2.05, 4.69) is 23.8 Å². The Labute approximate surface area is 125 Å². The molecule has 116 valence electrons. The van der Waals surface area contributed by atoms with Gasteiger partial charge in [-0.3, -0.25) is 4.79 Å². The van der Waals surface area contributed by atoms with E-state index in [1.54, 1.807) is 0 Å². The highest BCUT2D eigenvalue weighted by Gasteiger charge is 2.24. The minimum Gasteiger partial charge on any atom is -0.476 e. The van der Waals surface area contributed by atoms with E-state index in [9.17, 15) is 9.59 Å². The SMILES string of the molecule is CCC(CC)N(CC(C)C)C(=O)c1cnc(C(=O)O)cn1. The Balaban J connectivity index is 3.01. The lowest BCUT2D eigenvalue weighted by molar-refractivity contribution is 0.0629. The summed E-state index contributed by atoms with van der Waals surface area (Å²) >= 11 is 0. The molecule has 1 heterocycles. The van der Waals surface area contributed by atoms with Gasteiger partial charge in [0, 0.05) is 12.6 Å². The normalized spacial score (nSPS) is 11.0. The smallest absolute Gasteiger partial charge is 0.356 e. The number of aromatic carboxylic acids is 1. The van der Waals surface area contributed by atoms with Gasteiger partial charge < -0.3 is 10.0 Å². The van der Waals surface area contributed by atoms with Crippen LogP contribution in [-0.2, 0) is 0 Å². The minimum absolute atomic E-state index is 0.154. The fraction of sp³-hybridized carbons (Fsp3) is 0.600. The Bertz CT molecular complexity index is 481. The molecule has 1 amide bonds. The van der Waals surface area contributed by atoms with Crippen LogP contribution in [0.3, 0.4) is 0 Å². The third-order valence-corrected chi connectivity index (χ3v) is 3.30. The molecule has 0 aromatic carbocycles. The van der Waals surface area contributed by atoms with Crippen molar-refractivity contribution >= 4 is 11.9 Å². The zero-order chi connectivity index (χ0) is 16.0. The largest absolute Gasteiger partial charge is 0.476 e. The molecule has 0 radical (unpaired) electrons. The number of hydrogen-bond donors (Lipinski definition) is 1. The lowest BCUT2D eigenvalue weighted by atomic mass is 10.1. The number of carbonyl (C=O) groups is 2. The second kappa shape index (κ2) is 7.71. The van der Waals surface area contributed by atoms with Crippen molar-refractivity contribution in [1.29, 1.82) is 0 Å². The van der Waals surface area contributed by atoms with E-state index >= 15 is 0 Å². The van der Waals surface area contributed by atoms with Gasteiger partial charge in [-0.2, -0.15) is 0 Å². The monoisotopic (exact) mass is 293 g/mol. The summed E-state index contributed by atoms with van der Waals surface area (Å²) in [7, 11) is 0. The molecule has 0 saturated heterocycles. The summed E-state index contributed by atoms with van der Waals surface area (Å²) in [6.07, 6.45) is 4.10. The quantitative estimate of drug-likeness (QED) is 0.835. The number of nitrogens with zero attached hydrogens (tertiary/aromatic N) is 3. The molecule has 1 N–H and O–H groups in total. The molecule has 6 nitrogen and oxygen atoms in total. The highest BCUT2D eigenvalue weighted by Crippen LogP contribution is 2.14. The molecule has 0 fully saturated rings. The van der Waals surface area contributed by atoms with Gasteiger partial charge in [0.25, 0.3) is 5.91 Å². The van der Waals surface area contributed by atoms with E-state index in [1.807, 2.05) is 18.7 Å². The molecule has 21 heavy (non-hydrogen) atoms. The van der Waals surface area contributed by atoms with E-state index < -0.39 is 5.97 Å². The van der Waals surface area contributed by atoms with Gasteiger partial charge in [-0.15, -0.1) is 0 Å². The van der Waals surface area contributed by atoms with Crippen molar-refractivity contribution in [3.63, 3.8) is 0 Å². The molecule has 1 aromatic heterocycles. The van der Waals surface area contributed by atoms with Crippen LogP contribution in [0.2, 0.25) is 0 Å². The lowest BCUT2D eigenvalue weighted by Gasteiger charge is -2.31. The highest BCUT2D eigenvalue weighted by atomic mass is 16.4. The predicted octanol–water partition coefficient (Wildman–Crippen LogP) is 2.46. The molecule has 0 unspecified atom stereocenters. The third kappa shape index (κ3) is 4.51. The van der Waals surface area contributed by atoms with E-state index in [1.165, 1.54) is 6.20 Å². The molecule has 1 rings (SSSR count). The van der Waals surface area contributed by atoms with Crippen molar-refractivity contribution in [3.8, 4) is 0 Å². The standard InChI is InChI=1S/C15H23N3O3/c1-5-11(6-2)18(9-10(3)4)14(19)12-7-17-13(8-16-12)15(20)21/h7-8,10-11H,5-6,9H2,1-4H3,(H,20,21). The fourth-order valence-corrected chi connectivity index (χ4v) is 2.22. The summed E-state index contributed by atoms with van der Waals surface area (Å²) in [4.78, 5) is 32.9. The molecule has 0 bridgehead atoms. The predicted molar refractivity (Wildman–Crippen MR) is 79.2 cm³/mol. The van der Waals surface area contributed by atoms with Crippen LogP contribution < -0.4 is 0 Å². The lowest BCUT2D eigenvalue weighted by Crippen LogP contribution is -2.42. The maximum atomic E-state index is 12.6. The van der Waals surface area contributed by atoms with E-state index in [-0.39, 0.29) is 23.3 Å². The van der Waals surface area contributed by atoms with Gasteiger partial charge in [0.1, 0.15) is 5.69 Å². The van der Waals surface area contributed by atoms with E-state index in [4.69, 9.17) is 5.11 Å². The Hall–Kier alpha value is -1.98. The zero-order valence-corrected chi connectivity index (χ0v) is 13.0. The Morgan fingerprint density at radius 3 is 2.05 bits per heavy atom. The summed E-state index contributed by atoms with van der Waals surface area (Å²) in [6, 6.07) is 0.154. The van der Waals surface area contributed by atoms with Crippen molar-refractivity contribution < 1.29 is 14.7 Å². The summed E-state index contributed by atoms with van der Waals surface area (Å²) in [5.74, 6) is -0.997. The van der Waals surface area contributed by atoms with Crippen molar-refractivity contribution in [2.75, 3.05) is 6.54 Å². The van der Waals surface area contributed by atoms with E-state index in [0.29, 0.717) is 12.5 Å². The molecular formula is C15H23N3O3. The van der Waals surface area contributed by atoms with Gasteiger partial charge in [-0.1, -0.05) is 27.7 Å². The minimum atomic E-state index is -1.15. The van der Waals surface area contributed by atoms with Crippen LogP contribution in [-0.4, -0.2) is 44.4 Å². The van der Waals surface area contributed by atoms with Gasteiger partial charge in [-0.05, 0) is 18.8 Å². The van der Waals surface area contributed by atoms with Crippen molar-refractivity contribution in [3.05, 3.63) is 23.8 Å². The Morgan fingerprint density at radius 1 is 1.14 bits per heavy atom. The van der Waals surface area contributed by atoms with Crippen LogP contribution in [0.15, 0.2) is 12.4 Å². The molecule has 0 atom stereocenters. The van der Waals surface area contributed by atoms with Crippen LogP contribution in [0.1, 0.15) is 61.5 Å². The summed E-state index contributed by atoms with van der Waals surface area (Å²) in [5.41, 5.74) is 0.0250. The summed E-state index contributed by atoms with van der Waals surface area (Å²) in [5, 5.41) is 8.81. The highest BCUT2D eigenvalue weighted by molar-refractivity contribution is 5.93. The first-order chi connectivity index (χ1) is 9.90. The Morgan fingerprint density at radius 2 is 1.67 bits per heavy atom. The van der Waals surface area contributed by atoms with Crippen LogP contribution in [0.5, 0.6) is 0 Å². The average molecular weight is 293 g/mol. The average Bonchev–Trinajstić information content (AvgIpc) is 2.46. The molecule has 0 aliphatic carbocycles. The summed E-state index contributed by atoms with van der Waals surface area (Å²) < 4.78 is 0. The van der Waals surface area contributed by atoms with E-state index in [0.717, 1.165) is 19.0 Å². The van der Waals surface area contributed by atoms with Crippen molar-refractivity contribution in [2.45, 2.75) is 46.6 Å². The zero-order valence-electron chi connectivity index (χ0n) is 13.0. The van der Waals surface area contributed by atoms with Gasteiger partial charge in [0.05, 0.1) is 12.4 Å². The number of amides is 1. The third-order valence-electron chi connectivity index (χ3n) is 3.30. The molecule has 1 aromatic rings. The number of aromatic nitrogens is 2. The van der Waals surface area contributed by atoms with Gasteiger partial charge >= 0.3 is 5.97 Å². The molecule has 0 spiro atoms. The second-order valence-corrected chi connectivity index (χ2v) is 5.41. The van der Waals surface area contributed by atoms with Crippen LogP contribution >= 0.6 is 0 Å². The molecule has 0 aliphatic heterocycles. The molecule has 0 aliphatic rings. The number of carboxylic acid groups (broad SMARTS) is 1. The van der Waals surface area contributed by atoms with Crippen LogP contribution in [0.4, 0.5) is 0 Å². The van der Waals surface area contributed by atoms with Gasteiger partial charge in [-0.25, -0.2) is 14.8 Å². The number of carbonyl (C=O) groups excluding carboxylic acids is 1. The van der Waals surface area contributed by atoms with Crippen LogP contribution in [0.25, 0.3) is 0 Å². The molecular weight excluding hydrogens is 270 g/mol. The second-order valence-electron chi connectivity index (χ2n) is 5.41. The fourth-order valence-electron chi connectivity index (χ4n) is 2.22. The first kappa shape index (κ1) is 17.1. The van der Waals surface area contributed by atoms with Crippen molar-refractivity contribution in [1.82, 2.24) is 14.9 Å². The maximum absolute atomic E-state index is 12.6. The first-order valence-corrected chi connectivity index (χ1v) is 7.26. The van der Waals surface area contributed by atoms with Crippen LogP contribution in [0, 0.1) is 5.92 Å².